The van der Waals surface area contributed by atoms with E-state index in [0.29, 0.717) is 30.4 Å². The molecule has 0 aliphatic carbocycles. The molecule has 8 nitrogen and oxygen atoms in total. The minimum absolute atomic E-state index is 0.191. The van der Waals surface area contributed by atoms with Crippen LogP contribution in [-0.2, 0) is 16.0 Å². The maximum Gasteiger partial charge on any atom is 0.333 e. The maximum absolute atomic E-state index is 12.4. The number of aliphatic carboxylic acids is 1. The molecule has 0 aromatic carbocycles. The topological polar surface area (TPSA) is 105 Å². The molecule has 0 saturated carbocycles. The Morgan fingerprint density at radius 2 is 1.88 bits per heavy atom. The Morgan fingerprint density at radius 1 is 1.09 bits per heavy atom. The Kier molecular flexibility index (Phi) is 10.6. The second kappa shape index (κ2) is 13.4. The summed E-state index contributed by atoms with van der Waals surface area (Å²) in [4.78, 5) is 34.2. The number of nitrogens with one attached hydrogen (secondary N) is 1. The van der Waals surface area contributed by atoms with Crippen LogP contribution in [0.4, 0.5) is 10.6 Å². The van der Waals surface area contributed by atoms with E-state index >= 15 is 0 Å². The molecule has 1 unspecified atom stereocenters. The number of urea groups is 1. The number of carboxylic acid groups (broad SMARTS) is 1. The zero-order valence-electron chi connectivity index (χ0n) is 19.2. The van der Waals surface area contributed by atoms with E-state index < -0.39 is 12.1 Å². The highest BCUT2D eigenvalue weighted by molar-refractivity contribution is 5.90. The molecular weight excluding hydrogens is 408 g/mol. The predicted molar refractivity (Wildman–Crippen MR) is 125 cm³/mol. The van der Waals surface area contributed by atoms with Crippen LogP contribution in [0.1, 0.15) is 51.5 Å². The van der Waals surface area contributed by atoms with Crippen molar-refractivity contribution in [3.8, 4) is 11.4 Å². The van der Waals surface area contributed by atoms with E-state index in [4.69, 9.17) is 4.74 Å². The summed E-state index contributed by atoms with van der Waals surface area (Å²) in [6, 6.07) is 8.86. The van der Waals surface area contributed by atoms with Crippen LogP contribution in [0.2, 0.25) is 0 Å². The molecule has 2 aromatic rings. The Morgan fingerprint density at radius 3 is 2.53 bits per heavy atom. The Balaban J connectivity index is 1.98. The van der Waals surface area contributed by atoms with Gasteiger partial charge in [-0.2, -0.15) is 0 Å². The minimum Gasteiger partial charge on any atom is -0.479 e. The number of nitrogens with zero attached hydrogens (tertiary/aromatic N) is 3. The van der Waals surface area contributed by atoms with Gasteiger partial charge in [0.25, 0.3) is 0 Å². The summed E-state index contributed by atoms with van der Waals surface area (Å²) in [7, 11) is 1.69. The summed E-state index contributed by atoms with van der Waals surface area (Å²) >= 11 is 0. The van der Waals surface area contributed by atoms with Gasteiger partial charge in [-0.3, -0.25) is 9.88 Å². The lowest BCUT2D eigenvalue weighted by molar-refractivity contribution is -0.149. The standard InChI is InChI=1S/C24H34N4O4/c1-4-6-7-8-9-15-25-24(31)28(3)22-12-10-11-20(27-22)19-14-13-18(17-26-19)16-21(23(29)30)32-5-2/h10-14,17,21H,4-9,15-16H2,1-3H3,(H,25,31)(H,29,30). The third-order valence-corrected chi connectivity index (χ3v) is 5.09. The predicted octanol–water partition coefficient (Wildman–Crippen LogP) is 4.29. The van der Waals surface area contributed by atoms with Crippen molar-refractivity contribution in [3.63, 3.8) is 0 Å². The fourth-order valence-corrected chi connectivity index (χ4v) is 3.23. The third-order valence-electron chi connectivity index (χ3n) is 5.09. The van der Waals surface area contributed by atoms with E-state index in [1.807, 2.05) is 18.2 Å². The number of pyridine rings is 2. The second-order valence-electron chi connectivity index (χ2n) is 7.62. The molecular formula is C24H34N4O4. The number of aromatic nitrogens is 2. The minimum atomic E-state index is -0.993. The molecule has 2 heterocycles. The van der Waals surface area contributed by atoms with E-state index in [9.17, 15) is 14.7 Å². The van der Waals surface area contributed by atoms with Gasteiger partial charge in [0.1, 0.15) is 5.82 Å². The summed E-state index contributed by atoms with van der Waals surface area (Å²) in [5.74, 6) is -0.466. The van der Waals surface area contributed by atoms with E-state index in [1.165, 1.54) is 24.2 Å². The van der Waals surface area contributed by atoms with E-state index in [2.05, 4.69) is 22.2 Å². The molecule has 0 bridgehead atoms. The molecule has 2 amide bonds. The van der Waals surface area contributed by atoms with Gasteiger partial charge < -0.3 is 15.2 Å². The molecule has 0 aliphatic heterocycles. The molecule has 2 rings (SSSR count). The number of unbranched alkanes of at least 4 members (excludes halogenated alkanes) is 4. The first kappa shape index (κ1) is 25.3. The van der Waals surface area contributed by atoms with Crippen molar-refractivity contribution >= 4 is 17.8 Å². The number of hydrogen-bond donors (Lipinski definition) is 2. The normalized spacial score (nSPS) is 11.7. The lowest BCUT2D eigenvalue weighted by Gasteiger charge is -2.18. The highest BCUT2D eigenvalue weighted by atomic mass is 16.5. The largest absolute Gasteiger partial charge is 0.479 e. The van der Waals surface area contributed by atoms with Gasteiger partial charge in [-0.25, -0.2) is 14.6 Å². The maximum atomic E-state index is 12.4. The molecule has 0 spiro atoms. The van der Waals surface area contributed by atoms with Gasteiger partial charge in [0.05, 0.1) is 11.4 Å². The molecule has 2 N–H and O–H groups in total. The van der Waals surface area contributed by atoms with Gasteiger partial charge in [-0.1, -0.05) is 44.7 Å². The quantitative estimate of drug-likeness (QED) is 0.448. The molecule has 174 valence electrons. The Hall–Kier alpha value is -3.00. The van der Waals surface area contributed by atoms with Gasteiger partial charge in [-0.15, -0.1) is 0 Å². The molecule has 0 radical (unpaired) electrons. The average Bonchev–Trinajstić information content (AvgIpc) is 2.81. The van der Waals surface area contributed by atoms with Crippen LogP contribution in [0.5, 0.6) is 0 Å². The molecule has 0 saturated heterocycles. The first-order valence-electron chi connectivity index (χ1n) is 11.2. The van der Waals surface area contributed by atoms with Crippen molar-refractivity contribution in [2.45, 2.75) is 58.5 Å². The summed E-state index contributed by atoms with van der Waals surface area (Å²) in [5, 5.41) is 12.2. The fraction of sp³-hybridized carbons (Fsp3) is 0.500. The molecule has 1 atom stereocenters. The molecule has 2 aromatic heterocycles. The molecule has 0 aliphatic rings. The van der Waals surface area contributed by atoms with Crippen LogP contribution < -0.4 is 10.2 Å². The summed E-state index contributed by atoms with van der Waals surface area (Å²) in [6.45, 7) is 4.92. The Labute approximate surface area is 190 Å². The van der Waals surface area contributed by atoms with Gasteiger partial charge in [0, 0.05) is 32.8 Å². The molecule has 32 heavy (non-hydrogen) atoms. The van der Waals surface area contributed by atoms with E-state index in [1.54, 1.807) is 32.3 Å². The number of hydrogen-bond acceptors (Lipinski definition) is 5. The number of carbonyl (C=O) groups excluding carboxylic acids is 1. The smallest absolute Gasteiger partial charge is 0.333 e. The number of anilines is 1. The third kappa shape index (κ3) is 7.92. The lowest BCUT2D eigenvalue weighted by Crippen LogP contribution is -2.38. The van der Waals surface area contributed by atoms with E-state index in [0.717, 1.165) is 18.4 Å². The van der Waals surface area contributed by atoms with Crippen molar-refractivity contribution in [3.05, 3.63) is 42.1 Å². The van der Waals surface area contributed by atoms with Crippen LogP contribution in [0, 0.1) is 0 Å². The summed E-state index contributed by atoms with van der Waals surface area (Å²) < 4.78 is 5.26. The SMILES string of the molecule is CCCCCCCNC(=O)N(C)c1cccc(-c2ccc(CC(OCC)C(=O)O)cn2)n1. The van der Waals surface area contributed by atoms with Crippen molar-refractivity contribution < 1.29 is 19.4 Å². The van der Waals surface area contributed by atoms with Crippen LogP contribution >= 0.6 is 0 Å². The van der Waals surface area contributed by atoms with E-state index in [-0.39, 0.29) is 12.5 Å². The van der Waals surface area contributed by atoms with Crippen molar-refractivity contribution in [1.82, 2.24) is 15.3 Å². The van der Waals surface area contributed by atoms with Crippen LogP contribution in [-0.4, -0.2) is 53.4 Å². The molecule has 0 fully saturated rings. The summed E-state index contributed by atoms with van der Waals surface area (Å²) in [6.07, 6.45) is 6.68. The van der Waals surface area contributed by atoms with Crippen LogP contribution in [0.25, 0.3) is 11.4 Å². The van der Waals surface area contributed by atoms with Crippen LogP contribution in [0.15, 0.2) is 36.5 Å². The number of carboxylic acids is 1. The summed E-state index contributed by atoms with van der Waals surface area (Å²) in [5.41, 5.74) is 2.04. The van der Waals surface area contributed by atoms with Crippen molar-refractivity contribution in [2.75, 3.05) is 25.1 Å². The van der Waals surface area contributed by atoms with Gasteiger partial charge in [0.15, 0.2) is 6.10 Å². The monoisotopic (exact) mass is 442 g/mol. The average molecular weight is 443 g/mol. The van der Waals surface area contributed by atoms with Gasteiger partial charge >= 0.3 is 12.0 Å². The van der Waals surface area contributed by atoms with Gasteiger partial charge in [-0.05, 0) is 37.1 Å². The first-order chi connectivity index (χ1) is 15.5. The molecule has 8 heteroatoms. The zero-order valence-corrected chi connectivity index (χ0v) is 19.2. The highest BCUT2D eigenvalue weighted by Crippen LogP contribution is 2.19. The Bertz CT molecular complexity index is 857. The number of carbonyl (C=O) groups is 2. The van der Waals surface area contributed by atoms with Crippen LogP contribution in [0.3, 0.4) is 0 Å². The number of ether oxygens (including phenoxy) is 1. The van der Waals surface area contributed by atoms with Crippen molar-refractivity contribution in [1.29, 1.82) is 0 Å². The number of amides is 2. The fourth-order valence-electron chi connectivity index (χ4n) is 3.23. The number of rotatable bonds is 13. The zero-order chi connectivity index (χ0) is 23.3. The first-order valence-corrected chi connectivity index (χ1v) is 11.2. The van der Waals surface area contributed by atoms with Crippen molar-refractivity contribution in [2.24, 2.45) is 0 Å². The van der Waals surface area contributed by atoms with Gasteiger partial charge in [0.2, 0.25) is 0 Å². The highest BCUT2D eigenvalue weighted by Gasteiger charge is 2.18. The lowest BCUT2D eigenvalue weighted by atomic mass is 10.1. The second-order valence-corrected chi connectivity index (χ2v) is 7.62.